The van der Waals surface area contributed by atoms with Crippen LogP contribution in [0.1, 0.15) is 36.1 Å². The van der Waals surface area contributed by atoms with E-state index in [2.05, 4.69) is 15.1 Å². The first-order valence-corrected chi connectivity index (χ1v) is 10.8. The zero-order chi connectivity index (χ0) is 20.8. The first kappa shape index (κ1) is 21.2. The fourth-order valence-electron chi connectivity index (χ4n) is 3.21. The summed E-state index contributed by atoms with van der Waals surface area (Å²) in [7, 11) is 0. The summed E-state index contributed by atoms with van der Waals surface area (Å²) in [6, 6.07) is 3.50. The summed E-state index contributed by atoms with van der Waals surface area (Å²) < 4.78 is 17.2. The van der Waals surface area contributed by atoms with Crippen LogP contribution < -0.4 is 19.1 Å². The molecular formula is C20H28N4O4S. The van der Waals surface area contributed by atoms with E-state index < -0.39 is 0 Å². The largest absolute Gasteiger partial charge is 0.490 e. The normalized spacial score (nSPS) is 14.1. The van der Waals surface area contributed by atoms with E-state index in [0.29, 0.717) is 55.7 Å². The van der Waals surface area contributed by atoms with Gasteiger partial charge in [-0.2, -0.15) is 0 Å². The van der Waals surface area contributed by atoms with E-state index in [-0.39, 0.29) is 5.91 Å². The number of hydrogen-bond acceptors (Lipinski definition) is 8. The summed E-state index contributed by atoms with van der Waals surface area (Å²) >= 11 is 1.57. The molecule has 1 aliphatic heterocycles. The second kappa shape index (κ2) is 9.78. The highest BCUT2D eigenvalue weighted by Crippen LogP contribution is 2.39. The topological polar surface area (TPSA) is 77.0 Å². The Morgan fingerprint density at radius 3 is 2.03 bits per heavy atom. The summed E-state index contributed by atoms with van der Waals surface area (Å²) in [5, 5.41) is 10.1. The zero-order valence-corrected chi connectivity index (χ0v) is 18.3. The molecule has 158 valence electrons. The van der Waals surface area contributed by atoms with Crippen LogP contribution >= 0.6 is 11.3 Å². The van der Waals surface area contributed by atoms with E-state index in [0.717, 1.165) is 23.2 Å². The predicted molar refractivity (Wildman–Crippen MR) is 113 cm³/mol. The molecule has 1 aromatic heterocycles. The molecule has 3 rings (SSSR count). The van der Waals surface area contributed by atoms with Crippen LogP contribution in [0.25, 0.3) is 0 Å². The second-order valence-corrected chi connectivity index (χ2v) is 7.64. The lowest BCUT2D eigenvalue weighted by molar-refractivity contribution is 0.0745. The Balaban J connectivity index is 1.77. The molecule has 0 N–H and O–H groups in total. The molecule has 0 unspecified atom stereocenters. The minimum Gasteiger partial charge on any atom is -0.490 e. The summed E-state index contributed by atoms with van der Waals surface area (Å²) in [5.74, 6) is 1.57. The number of carbonyl (C=O) groups is 1. The predicted octanol–water partition coefficient (Wildman–Crippen LogP) is 3.01. The standard InChI is InChI=1S/C20H28N4O4S/c1-5-26-16-12-15(13-17(27-6-2)18(16)28-7-3)19(25)23-8-10-24(11-9-23)20-22-21-14(4)29-20/h12-13H,5-11H2,1-4H3. The molecule has 0 radical (unpaired) electrons. The first-order valence-electron chi connectivity index (χ1n) is 9.98. The third-order valence-corrected chi connectivity index (χ3v) is 5.41. The van der Waals surface area contributed by atoms with Crippen molar-refractivity contribution in [3.63, 3.8) is 0 Å². The summed E-state index contributed by atoms with van der Waals surface area (Å²) in [6.07, 6.45) is 0. The summed E-state index contributed by atoms with van der Waals surface area (Å²) in [6.45, 7) is 11.8. The van der Waals surface area contributed by atoms with Gasteiger partial charge in [-0.05, 0) is 39.8 Å². The highest BCUT2D eigenvalue weighted by molar-refractivity contribution is 7.15. The van der Waals surface area contributed by atoms with Gasteiger partial charge in [-0.1, -0.05) is 11.3 Å². The molecule has 8 nitrogen and oxygen atoms in total. The van der Waals surface area contributed by atoms with Crippen LogP contribution in [0.3, 0.4) is 0 Å². The molecule has 0 bridgehead atoms. The van der Waals surface area contributed by atoms with Gasteiger partial charge in [-0.25, -0.2) is 0 Å². The molecule has 9 heteroatoms. The van der Waals surface area contributed by atoms with E-state index >= 15 is 0 Å². The lowest BCUT2D eigenvalue weighted by Crippen LogP contribution is -2.48. The lowest BCUT2D eigenvalue weighted by atomic mass is 10.1. The van der Waals surface area contributed by atoms with Crippen molar-refractivity contribution in [3.05, 3.63) is 22.7 Å². The second-order valence-electron chi connectivity index (χ2n) is 6.48. The maximum absolute atomic E-state index is 13.2. The Morgan fingerprint density at radius 1 is 0.966 bits per heavy atom. The van der Waals surface area contributed by atoms with Crippen LogP contribution in [0.2, 0.25) is 0 Å². The van der Waals surface area contributed by atoms with Gasteiger partial charge in [0.05, 0.1) is 19.8 Å². The van der Waals surface area contributed by atoms with Gasteiger partial charge >= 0.3 is 0 Å². The molecule has 1 saturated heterocycles. The van der Waals surface area contributed by atoms with Gasteiger partial charge in [0, 0.05) is 31.7 Å². The van der Waals surface area contributed by atoms with Crippen LogP contribution in [0.4, 0.5) is 5.13 Å². The molecule has 1 aromatic carbocycles. The van der Waals surface area contributed by atoms with E-state index in [9.17, 15) is 4.79 Å². The third kappa shape index (κ3) is 4.90. The van der Waals surface area contributed by atoms with Crippen molar-refractivity contribution < 1.29 is 19.0 Å². The smallest absolute Gasteiger partial charge is 0.254 e. The number of hydrogen-bond donors (Lipinski definition) is 0. The molecule has 0 spiro atoms. The van der Waals surface area contributed by atoms with Crippen LogP contribution in [-0.4, -0.2) is 67.0 Å². The maximum atomic E-state index is 13.2. The molecule has 1 amide bonds. The summed E-state index contributed by atoms with van der Waals surface area (Å²) in [4.78, 5) is 17.2. The number of carbonyl (C=O) groups excluding carboxylic acids is 1. The number of aryl methyl sites for hydroxylation is 1. The van der Waals surface area contributed by atoms with Crippen molar-refractivity contribution in [2.45, 2.75) is 27.7 Å². The van der Waals surface area contributed by atoms with Gasteiger partial charge in [0.1, 0.15) is 5.01 Å². The minimum absolute atomic E-state index is 0.0388. The van der Waals surface area contributed by atoms with Crippen molar-refractivity contribution in [2.75, 3.05) is 50.9 Å². The van der Waals surface area contributed by atoms with Gasteiger partial charge < -0.3 is 24.0 Å². The minimum atomic E-state index is -0.0388. The monoisotopic (exact) mass is 420 g/mol. The molecule has 0 atom stereocenters. The Morgan fingerprint density at radius 2 is 1.55 bits per heavy atom. The van der Waals surface area contributed by atoms with Gasteiger partial charge in [0.15, 0.2) is 11.5 Å². The van der Waals surface area contributed by atoms with Crippen LogP contribution in [-0.2, 0) is 0 Å². The highest BCUT2D eigenvalue weighted by Gasteiger charge is 2.26. The van der Waals surface area contributed by atoms with Gasteiger partial charge in [0.25, 0.3) is 5.91 Å². The number of rotatable bonds is 8. The van der Waals surface area contributed by atoms with Gasteiger partial charge in [0.2, 0.25) is 10.9 Å². The van der Waals surface area contributed by atoms with Crippen molar-refractivity contribution in [1.82, 2.24) is 15.1 Å². The molecule has 1 aliphatic rings. The van der Waals surface area contributed by atoms with Crippen molar-refractivity contribution >= 4 is 22.4 Å². The first-order chi connectivity index (χ1) is 14.1. The van der Waals surface area contributed by atoms with Gasteiger partial charge in [-0.3, -0.25) is 4.79 Å². The van der Waals surface area contributed by atoms with Crippen LogP contribution in [0.15, 0.2) is 12.1 Å². The zero-order valence-electron chi connectivity index (χ0n) is 17.4. The Hall–Kier alpha value is -2.55. The van der Waals surface area contributed by atoms with E-state index in [1.54, 1.807) is 23.5 Å². The third-order valence-electron chi connectivity index (χ3n) is 4.51. The number of nitrogens with zero attached hydrogens (tertiary/aromatic N) is 4. The van der Waals surface area contributed by atoms with Crippen molar-refractivity contribution in [1.29, 1.82) is 0 Å². The quantitative estimate of drug-likeness (QED) is 0.650. The molecule has 1 fully saturated rings. The van der Waals surface area contributed by atoms with E-state index in [1.807, 2.05) is 32.6 Å². The number of benzene rings is 1. The SMILES string of the molecule is CCOc1cc(C(=O)N2CCN(c3nnc(C)s3)CC2)cc(OCC)c1OCC. The van der Waals surface area contributed by atoms with Gasteiger partial charge in [-0.15, -0.1) is 10.2 Å². The Bertz CT molecular complexity index is 807. The number of ether oxygens (including phenoxy) is 3. The molecular weight excluding hydrogens is 392 g/mol. The number of anilines is 1. The fraction of sp³-hybridized carbons (Fsp3) is 0.550. The van der Waals surface area contributed by atoms with Crippen LogP contribution in [0.5, 0.6) is 17.2 Å². The van der Waals surface area contributed by atoms with E-state index in [1.165, 1.54) is 0 Å². The number of piperazine rings is 1. The van der Waals surface area contributed by atoms with Crippen molar-refractivity contribution in [3.8, 4) is 17.2 Å². The molecule has 2 heterocycles. The molecule has 0 aliphatic carbocycles. The van der Waals surface area contributed by atoms with Crippen molar-refractivity contribution in [2.24, 2.45) is 0 Å². The van der Waals surface area contributed by atoms with Crippen LogP contribution in [0, 0.1) is 6.92 Å². The summed E-state index contributed by atoms with van der Waals surface area (Å²) in [5.41, 5.74) is 0.542. The average molecular weight is 421 g/mol. The highest BCUT2D eigenvalue weighted by atomic mass is 32.1. The molecule has 0 saturated carbocycles. The fourth-order valence-corrected chi connectivity index (χ4v) is 3.95. The number of amides is 1. The average Bonchev–Trinajstić information content (AvgIpc) is 3.16. The Labute approximate surface area is 175 Å². The number of aromatic nitrogens is 2. The molecule has 2 aromatic rings. The maximum Gasteiger partial charge on any atom is 0.254 e. The Kier molecular flexibility index (Phi) is 7.13. The molecule has 29 heavy (non-hydrogen) atoms. The lowest BCUT2D eigenvalue weighted by Gasteiger charge is -2.34. The van der Waals surface area contributed by atoms with E-state index in [4.69, 9.17) is 14.2 Å².